The highest BCUT2D eigenvalue weighted by atomic mass is 35.5. The molecule has 2 heterocycles. The number of nitrogens with one attached hydrogen (secondary N) is 2. The number of fused-ring (bicyclic) bond motifs is 1. The minimum absolute atomic E-state index is 0.0821. The highest BCUT2D eigenvalue weighted by Gasteiger charge is 2.24. The first-order chi connectivity index (χ1) is 15.4. The van der Waals surface area contributed by atoms with Crippen molar-refractivity contribution in [3.63, 3.8) is 0 Å². The largest absolute Gasteiger partial charge is 0.328 e. The molecule has 6 nitrogen and oxygen atoms in total. The fraction of sp³-hybridized carbons (Fsp3) is 0.125. The quantitative estimate of drug-likeness (QED) is 0.420. The number of carbonyl (C=O) groups is 1. The Labute approximate surface area is 188 Å². The van der Waals surface area contributed by atoms with Crippen molar-refractivity contribution in [1.29, 1.82) is 0 Å². The van der Waals surface area contributed by atoms with Crippen molar-refractivity contribution in [1.82, 2.24) is 14.9 Å². The normalized spacial score (nSPS) is 11.8. The van der Waals surface area contributed by atoms with Crippen LogP contribution in [-0.4, -0.2) is 20.9 Å². The number of aromatic amines is 1. The standard InChI is InChI=1S/C24H20ClFN4O2/c1-15(20-13-28-23(31)19-7-3-2-6-18(19)20)30(14-16-5-4-10-27-12-16)24(32)29-17-8-9-22(26)21(25)11-17/h2-13,15H,14H2,1H3,(H,28,31)(H,29,32)/t15-/m0/s1. The van der Waals surface area contributed by atoms with Gasteiger partial charge in [0.15, 0.2) is 0 Å². The van der Waals surface area contributed by atoms with Crippen LogP contribution < -0.4 is 10.9 Å². The van der Waals surface area contributed by atoms with Gasteiger partial charge in [-0.2, -0.15) is 0 Å². The van der Waals surface area contributed by atoms with E-state index in [0.717, 1.165) is 16.5 Å². The zero-order valence-electron chi connectivity index (χ0n) is 17.2. The van der Waals surface area contributed by atoms with Gasteiger partial charge < -0.3 is 15.2 Å². The second-order valence-electron chi connectivity index (χ2n) is 7.34. The van der Waals surface area contributed by atoms with Crippen LogP contribution in [0.25, 0.3) is 10.8 Å². The lowest BCUT2D eigenvalue weighted by atomic mass is 10.0. The van der Waals surface area contributed by atoms with Crippen LogP contribution in [0.1, 0.15) is 24.1 Å². The van der Waals surface area contributed by atoms with E-state index in [1.807, 2.05) is 25.1 Å². The fourth-order valence-electron chi connectivity index (χ4n) is 3.59. The van der Waals surface area contributed by atoms with Crippen LogP contribution in [0.4, 0.5) is 14.9 Å². The smallest absolute Gasteiger partial charge is 0.322 e. The fourth-order valence-corrected chi connectivity index (χ4v) is 3.77. The van der Waals surface area contributed by atoms with Crippen LogP contribution in [0.5, 0.6) is 0 Å². The van der Waals surface area contributed by atoms with Gasteiger partial charge in [0.1, 0.15) is 5.82 Å². The maximum Gasteiger partial charge on any atom is 0.322 e. The first-order valence-electron chi connectivity index (χ1n) is 9.96. The van der Waals surface area contributed by atoms with Gasteiger partial charge in [-0.1, -0.05) is 35.9 Å². The maximum atomic E-state index is 13.5. The number of nitrogens with zero attached hydrogens (tertiary/aromatic N) is 2. The van der Waals surface area contributed by atoms with Crippen LogP contribution >= 0.6 is 11.6 Å². The molecular formula is C24H20ClFN4O2. The monoisotopic (exact) mass is 450 g/mol. The molecule has 32 heavy (non-hydrogen) atoms. The molecular weight excluding hydrogens is 431 g/mol. The van der Waals surface area contributed by atoms with Crippen molar-refractivity contribution in [3.8, 4) is 0 Å². The maximum absolute atomic E-state index is 13.5. The molecule has 0 aliphatic heterocycles. The van der Waals surface area contributed by atoms with Gasteiger partial charge in [0.2, 0.25) is 0 Å². The zero-order valence-corrected chi connectivity index (χ0v) is 17.9. The summed E-state index contributed by atoms with van der Waals surface area (Å²) in [5, 5.41) is 4.01. The number of halogens is 2. The first-order valence-corrected chi connectivity index (χ1v) is 10.3. The third-order valence-electron chi connectivity index (χ3n) is 5.27. The summed E-state index contributed by atoms with van der Waals surface area (Å²) in [6.45, 7) is 2.15. The summed E-state index contributed by atoms with van der Waals surface area (Å²) >= 11 is 5.86. The molecule has 0 saturated carbocycles. The van der Waals surface area contributed by atoms with Crippen molar-refractivity contribution < 1.29 is 9.18 Å². The van der Waals surface area contributed by atoms with Gasteiger partial charge >= 0.3 is 6.03 Å². The van der Waals surface area contributed by atoms with Crippen LogP contribution in [0.15, 0.2) is 78.0 Å². The van der Waals surface area contributed by atoms with Crippen LogP contribution in [0.3, 0.4) is 0 Å². The lowest BCUT2D eigenvalue weighted by Crippen LogP contribution is -2.37. The first kappa shape index (κ1) is 21.5. The molecule has 4 rings (SSSR count). The molecule has 2 aromatic heterocycles. The van der Waals surface area contributed by atoms with Gasteiger partial charge in [-0.05, 0) is 53.8 Å². The molecule has 0 aliphatic carbocycles. The lowest BCUT2D eigenvalue weighted by Gasteiger charge is -2.30. The number of hydrogen-bond donors (Lipinski definition) is 2. The molecule has 0 spiro atoms. The molecule has 1 atom stereocenters. The Kier molecular flexibility index (Phi) is 6.18. The second kappa shape index (κ2) is 9.20. The summed E-state index contributed by atoms with van der Waals surface area (Å²) in [5.41, 5.74) is 1.80. The molecule has 0 saturated heterocycles. The van der Waals surface area contributed by atoms with Crippen molar-refractivity contribution in [2.75, 3.05) is 5.32 Å². The molecule has 0 fully saturated rings. The van der Waals surface area contributed by atoms with E-state index in [9.17, 15) is 14.0 Å². The van der Waals surface area contributed by atoms with Gasteiger partial charge in [0, 0.05) is 36.2 Å². The van der Waals surface area contributed by atoms with E-state index in [0.29, 0.717) is 11.1 Å². The topological polar surface area (TPSA) is 78.1 Å². The Hall–Kier alpha value is -3.71. The van der Waals surface area contributed by atoms with Gasteiger partial charge in [-0.25, -0.2) is 9.18 Å². The van der Waals surface area contributed by atoms with Gasteiger partial charge in [0.25, 0.3) is 5.56 Å². The average Bonchev–Trinajstić information content (AvgIpc) is 2.80. The number of rotatable bonds is 5. The van der Waals surface area contributed by atoms with E-state index < -0.39 is 17.9 Å². The summed E-state index contributed by atoms with van der Waals surface area (Å²) in [6, 6.07) is 14.1. The number of pyridine rings is 2. The number of carbonyl (C=O) groups excluding carboxylic acids is 1. The Balaban J connectivity index is 1.72. The molecule has 0 aliphatic rings. The highest BCUT2D eigenvalue weighted by Crippen LogP contribution is 2.28. The molecule has 2 amide bonds. The predicted octanol–water partition coefficient (Wildman–Crippen LogP) is 5.51. The van der Waals surface area contributed by atoms with Gasteiger partial charge in [-0.15, -0.1) is 0 Å². The van der Waals surface area contributed by atoms with Crippen LogP contribution in [0.2, 0.25) is 5.02 Å². The van der Waals surface area contributed by atoms with E-state index in [1.54, 1.807) is 41.7 Å². The minimum atomic E-state index is -0.565. The Morgan fingerprint density at radius 3 is 2.69 bits per heavy atom. The average molecular weight is 451 g/mol. The summed E-state index contributed by atoms with van der Waals surface area (Å²) in [6.07, 6.45) is 4.98. The van der Waals surface area contributed by atoms with E-state index in [2.05, 4.69) is 15.3 Å². The van der Waals surface area contributed by atoms with Gasteiger partial charge in [-0.3, -0.25) is 9.78 Å². The molecule has 0 radical (unpaired) electrons. The molecule has 2 N–H and O–H groups in total. The van der Waals surface area contributed by atoms with Crippen molar-refractivity contribution in [2.24, 2.45) is 0 Å². The Morgan fingerprint density at radius 1 is 1.19 bits per heavy atom. The van der Waals surface area contributed by atoms with Crippen molar-refractivity contribution in [3.05, 3.63) is 106 Å². The third-order valence-corrected chi connectivity index (χ3v) is 5.56. The summed E-state index contributed by atoms with van der Waals surface area (Å²) in [4.78, 5) is 34.1. The second-order valence-corrected chi connectivity index (χ2v) is 7.75. The molecule has 4 aromatic rings. The molecule has 8 heteroatoms. The molecule has 0 bridgehead atoms. The van der Waals surface area contributed by atoms with E-state index in [-0.39, 0.29) is 17.1 Å². The highest BCUT2D eigenvalue weighted by molar-refractivity contribution is 6.31. The number of urea groups is 1. The van der Waals surface area contributed by atoms with E-state index in [4.69, 9.17) is 11.6 Å². The number of aromatic nitrogens is 2. The van der Waals surface area contributed by atoms with E-state index >= 15 is 0 Å². The molecule has 0 unspecified atom stereocenters. The number of hydrogen-bond acceptors (Lipinski definition) is 3. The molecule has 2 aromatic carbocycles. The van der Waals surface area contributed by atoms with Crippen LogP contribution in [0, 0.1) is 5.82 Å². The summed E-state index contributed by atoms with van der Waals surface area (Å²) < 4.78 is 13.5. The Bertz CT molecular complexity index is 1330. The zero-order chi connectivity index (χ0) is 22.7. The number of amides is 2. The Morgan fingerprint density at radius 2 is 1.97 bits per heavy atom. The SMILES string of the molecule is C[C@@H](c1c[nH]c(=O)c2ccccc12)N(Cc1cccnc1)C(=O)Nc1ccc(F)c(Cl)c1. The summed E-state index contributed by atoms with van der Waals surface area (Å²) in [5.74, 6) is -0.565. The van der Waals surface area contributed by atoms with E-state index in [1.165, 1.54) is 18.2 Å². The van der Waals surface area contributed by atoms with Crippen LogP contribution in [-0.2, 0) is 6.54 Å². The third kappa shape index (κ3) is 4.48. The number of anilines is 1. The minimum Gasteiger partial charge on any atom is -0.328 e. The van der Waals surface area contributed by atoms with Gasteiger partial charge in [0.05, 0.1) is 11.1 Å². The van der Waals surface area contributed by atoms with Crippen molar-refractivity contribution >= 4 is 34.1 Å². The molecule has 162 valence electrons. The summed E-state index contributed by atoms with van der Waals surface area (Å²) in [7, 11) is 0. The number of benzene rings is 2. The lowest BCUT2D eigenvalue weighted by molar-refractivity contribution is 0.189. The predicted molar refractivity (Wildman–Crippen MR) is 123 cm³/mol. The van der Waals surface area contributed by atoms with Crippen molar-refractivity contribution in [2.45, 2.75) is 19.5 Å². The number of H-pyrrole nitrogens is 1.